The van der Waals surface area contributed by atoms with Gasteiger partial charge in [-0.15, -0.1) is 0 Å². The summed E-state index contributed by atoms with van der Waals surface area (Å²) in [6, 6.07) is 0. The van der Waals surface area contributed by atoms with Crippen molar-refractivity contribution in [3.05, 3.63) is 27.2 Å². The number of rotatable bonds is 4. The molecule has 1 fully saturated rings. The van der Waals surface area contributed by atoms with Gasteiger partial charge in [-0.05, 0) is 26.3 Å². The fraction of sp³-hybridized carbons (Fsp3) is 0.538. The Morgan fingerprint density at radius 1 is 1.43 bits per heavy atom. The lowest BCUT2D eigenvalue weighted by Crippen LogP contribution is -2.64. The van der Waals surface area contributed by atoms with E-state index in [2.05, 4.69) is 10.2 Å². The molecule has 0 unspecified atom stereocenters. The second kappa shape index (κ2) is 5.28. The third kappa shape index (κ3) is 2.94. The molecular formula is C13H17N3O5. The highest BCUT2D eigenvalue weighted by Crippen LogP contribution is 2.26. The van der Waals surface area contributed by atoms with Crippen LogP contribution in [0.3, 0.4) is 0 Å². The molecule has 1 aromatic heterocycles. The van der Waals surface area contributed by atoms with Gasteiger partial charge in [0.1, 0.15) is 17.8 Å². The number of hydrogen-bond acceptors (Lipinski definition) is 5. The maximum atomic E-state index is 12.4. The van der Waals surface area contributed by atoms with E-state index in [1.165, 1.54) is 4.90 Å². The standard InChI is InChI=1S/C13H17N3O5/c1-7-8(2)14-15-11(19)10(7)12(20)16-5-13(3,6-16)21-4-9(17)18/h4-6H2,1-3H3,(H,15,19)(H,17,18). The number of ether oxygens (including phenoxy) is 1. The number of aromatic amines is 1. The molecule has 21 heavy (non-hydrogen) atoms. The van der Waals surface area contributed by atoms with E-state index in [9.17, 15) is 14.4 Å². The summed E-state index contributed by atoms with van der Waals surface area (Å²) in [6.45, 7) is 5.20. The molecule has 0 radical (unpaired) electrons. The van der Waals surface area contributed by atoms with Crippen LogP contribution >= 0.6 is 0 Å². The van der Waals surface area contributed by atoms with E-state index in [4.69, 9.17) is 9.84 Å². The van der Waals surface area contributed by atoms with Crippen molar-refractivity contribution >= 4 is 11.9 Å². The average Bonchev–Trinajstić information content (AvgIpc) is 2.37. The lowest BCUT2D eigenvalue weighted by Gasteiger charge is -2.47. The molecular weight excluding hydrogens is 278 g/mol. The first-order chi connectivity index (χ1) is 9.73. The van der Waals surface area contributed by atoms with E-state index in [-0.39, 0.29) is 18.7 Å². The summed E-state index contributed by atoms with van der Waals surface area (Å²) in [6.07, 6.45) is 0. The van der Waals surface area contributed by atoms with Crippen molar-refractivity contribution in [1.29, 1.82) is 0 Å². The molecule has 0 aliphatic carbocycles. The summed E-state index contributed by atoms with van der Waals surface area (Å²) in [4.78, 5) is 36.1. The topological polar surface area (TPSA) is 113 Å². The number of aliphatic carboxylic acids is 1. The summed E-state index contributed by atoms with van der Waals surface area (Å²) in [5.74, 6) is -1.45. The van der Waals surface area contributed by atoms with Gasteiger partial charge in [0.25, 0.3) is 11.5 Å². The second-order valence-electron chi connectivity index (χ2n) is 5.43. The van der Waals surface area contributed by atoms with Crippen LogP contribution in [0.25, 0.3) is 0 Å². The molecule has 2 N–H and O–H groups in total. The highest BCUT2D eigenvalue weighted by Gasteiger charge is 2.43. The lowest BCUT2D eigenvalue weighted by atomic mass is 9.94. The van der Waals surface area contributed by atoms with Gasteiger partial charge >= 0.3 is 5.97 Å². The molecule has 0 atom stereocenters. The van der Waals surface area contributed by atoms with E-state index in [0.29, 0.717) is 11.3 Å². The number of hydrogen-bond donors (Lipinski definition) is 2. The Bertz CT molecular complexity index is 646. The predicted octanol–water partition coefficient (Wildman–Crippen LogP) is -0.298. The molecule has 114 valence electrons. The first-order valence-corrected chi connectivity index (χ1v) is 6.44. The SMILES string of the molecule is Cc1n[nH]c(=O)c(C(=O)N2CC(C)(OCC(=O)O)C2)c1C. The fourth-order valence-electron chi connectivity index (χ4n) is 2.27. The highest BCUT2D eigenvalue weighted by molar-refractivity contribution is 5.96. The molecule has 2 rings (SSSR count). The Kier molecular flexibility index (Phi) is 3.82. The minimum absolute atomic E-state index is 0.0720. The van der Waals surface area contributed by atoms with Crippen LogP contribution in [0, 0.1) is 13.8 Å². The third-order valence-corrected chi connectivity index (χ3v) is 3.57. The zero-order valence-electron chi connectivity index (χ0n) is 12.1. The highest BCUT2D eigenvalue weighted by atomic mass is 16.5. The number of nitrogens with zero attached hydrogens (tertiary/aromatic N) is 2. The molecule has 0 bridgehead atoms. The number of aromatic nitrogens is 2. The summed E-state index contributed by atoms with van der Waals surface area (Å²) >= 11 is 0. The van der Waals surface area contributed by atoms with E-state index in [0.717, 1.165) is 0 Å². The number of amides is 1. The van der Waals surface area contributed by atoms with Crippen molar-refractivity contribution < 1.29 is 19.4 Å². The van der Waals surface area contributed by atoms with Gasteiger partial charge in [-0.1, -0.05) is 0 Å². The molecule has 1 aliphatic heterocycles. The third-order valence-electron chi connectivity index (χ3n) is 3.57. The maximum absolute atomic E-state index is 12.4. The molecule has 8 heteroatoms. The Hall–Kier alpha value is -2.22. The predicted molar refractivity (Wildman–Crippen MR) is 72.2 cm³/mol. The Morgan fingerprint density at radius 2 is 2.05 bits per heavy atom. The zero-order valence-corrected chi connectivity index (χ0v) is 12.1. The molecule has 2 heterocycles. The zero-order chi connectivity index (χ0) is 15.8. The van der Waals surface area contributed by atoms with Crippen LogP contribution in [0.4, 0.5) is 0 Å². The van der Waals surface area contributed by atoms with Gasteiger partial charge in [0.15, 0.2) is 0 Å². The first-order valence-electron chi connectivity index (χ1n) is 6.44. The number of carboxylic acid groups (broad SMARTS) is 1. The van der Waals surface area contributed by atoms with Gasteiger partial charge in [-0.3, -0.25) is 9.59 Å². The van der Waals surface area contributed by atoms with Crippen molar-refractivity contribution in [3.8, 4) is 0 Å². The number of likely N-dealkylation sites (tertiary alicyclic amines) is 1. The van der Waals surface area contributed by atoms with E-state index >= 15 is 0 Å². The van der Waals surface area contributed by atoms with Crippen molar-refractivity contribution in [1.82, 2.24) is 15.1 Å². The van der Waals surface area contributed by atoms with Crippen LogP contribution in [0.1, 0.15) is 28.5 Å². The summed E-state index contributed by atoms with van der Waals surface area (Å²) in [5, 5.41) is 14.7. The normalized spacial score (nSPS) is 16.4. The van der Waals surface area contributed by atoms with E-state index in [1.54, 1.807) is 20.8 Å². The second-order valence-corrected chi connectivity index (χ2v) is 5.43. The smallest absolute Gasteiger partial charge is 0.329 e. The number of carbonyl (C=O) groups is 2. The number of nitrogens with one attached hydrogen (secondary N) is 1. The van der Waals surface area contributed by atoms with Crippen molar-refractivity contribution in [3.63, 3.8) is 0 Å². The first kappa shape index (κ1) is 15.2. The average molecular weight is 295 g/mol. The van der Waals surface area contributed by atoms with Crippen LogP contribution in [0.5, 0.6) is 0 Å². The quantitative estimate of drug-likeness (QED) is 0.788. The van der Waals surface area contributed by atoms with Crippen molar-refractivity contribution in [2.75, 3.05) is 19.7 Å². The summed E-state index contributed by atoms with van der Waals surface area (Å²) in [7, 11) is 0. The molecule has 1 saturated heterocycles. The largest absolute Gasteiger partial charge is 0.480 e. The van der Waals surface area contributed by atoms with Crippen molar-refractivity contribution in [2.45, 2.75) is 26.4 Å². The summed E-state index contributed by atoms with van der Waals surface area (Å²) < 4.78 is 5.24. The number of carbonyl (C=O) groups excluding carboxylic acids is 1. The molecule has 1 aliphatic rings. The number of aryl methyl sites for hydroxylation is 1. The fourth-order valence-corrected chi connectivity index (χ4v) is 2.27. The molecule has 8 nitrogen and oxygen atoms in total. The molecule has 1 aromatic rings. The summed E-state index contributed by atoms with van der Waals surface area (Å²) in [5.41, 5.74) is -0.00493. The lowest BCUT2D eigenvalue weighted by molar-refractivity contribution is -0.159. The van der Waals surface area contributed by atoms with Crippen LogP contribution < -0.4 is 5.56 Å². The maximum Gasteiger partial charge on any atom is 0.329 e. The monoisotopic (exact) mass is 295 g/mol. The van der Waals surface area contributed by atoms with Gasteiger partial charge in [-0.25, -0.2) is 9.89 Å². The Balaban J connectivity index is 2.10. The minimum atomic E-state index is -1.06. The van der Waals surface area contributed by atoms with Crippen LogP contribution in [0.15, 0.2) is 4.79 Å². The van der Waals surface area contributed by atoms with Gasteiger partial charge in [0.2, 0.25) is 0 Å². The molecule has 0 aromatic carbocycles. The van der Waals surface area contributed by atoms with Crippen LogP contribution in [-0.4, -0.2) is 57.4 Å². The van der Waals surface area contributed by atoms with Crippen LogP contribution in [-0.2, 0) is 9.53 Å². The molecule has 0 spiro atoms. The van der Waals surface area contributed by atoms with Crippen LogP contribution in [0.2, 0.25) is 0 Å². The van der Waals surface area contributed by atoms with E-state index in [1.807, 2.05) is 0 Å². The van der Waals surface area contributed by atoms with Crippen molar-refractivity contribution in [2.24, 2.45) is 0 Å². The van der Waals surface area contributed by atoms with Gasteiger partial charge in [0.05, 0.1) is 18.8 Å². The molecule has 1 amide bonds. The number of H-pyrrole nitrogens is 1. The van der Waals surface area contributed by atoms with E-state index < -0.39 is 29.6 Å². The number of carboxylic acids is 1. The Labute approximate surface area is 120 Å². The van der Waals surface area contributed by atoms with Gasteiger partial charge in [-0.2, -0.15) is 5.10 Å². The van der Waals surface area contributed by atoms with Gasteiger partial charge < -0.3 is 14.7 Å². The Morgan fingerprint density at radius 3 is 2.62 bits per heavy atom. The molecule has 0 saturated carbocycles. The van der Waals surface area contributed by atoms with Gasteiger partial charge in [0, 0.05) is 0 Å². The minimum Gasteiger partial charge on any atom is -0.480 e.